The van der Waals surface area contributed by atoms with E-state index < -0.39 is 0 Å². The third-order valence-electron chi connectivity index (χ3n) is 2.99. The lowest BCUT2D eigenvalue weighted by Crippen LogP contribution is -2.00. The number of nitrogens with zero attached hydrogens (tertiary/aromatic N) is 3. The van der Waals surface area contributed by atoms with E-state index in [1.165, 1.54) is 0 Å². The highest BCUT2D eigenvalue weighted by atomic mass is 79.9. The van der Waals surface area contributed by atoms with Crippen LogP contribution in [0.25, 0.3) is 16.7 Å². The SMILES string of the molecule is N#Cc1cccc2c1nc(N)n2-c1ccc(Br)c(Cl)c1. The van der Waals surface area contributed by atoms with Gasteiger partial charge in [-0.15, -0.1) is 0 Å². The zero-order chi connectivity index (χ0) is 14.3. The van der Waals surface area contributed by atoms with E-state index in [1.807, 2.05) is 18.2 Å². The zero-order valence-electron chi connectivity index (χ0n) is 10.1. The predicted octanol–water partition coefficient (Wildman–Crippen LogP) is 3.90. The number of nitrogens with two attached hydrogens (primary N) is 1. The maximum absolute atomic E-state index is 9.12. The molecule has 0 fully saturated rings. The molecule has 0 atom stereocenters. The van der Waals surface area contributed by atoms with Crippen LogP contribution >= 0.6 is 27.5 Å². The molecular formula is C14H8BrClN4. The third-order valence-corrected chi connectivity index (χ3v) is 4.23. The molecule has 2 aromatic carbocycles. The van der Waals surface area contributed by atoms with Gasteiger partial charge in [-0.1, -0.05) is 17.7 Å². The molecule has 0 aliphatic rings. The number of imidazole rings is 1. The second-order valence-corrected chi connectivity index (χ2v) is 5.45. The number of halogens is 2. The van der Waals surface area contributed by atoms with Crippen LogP contribution in [-0.2, 0) is 0 Å². The summed E-state index contributed by atoms with van der Waals surface area (Å²) in [6.07, 6.45) is 0. The molecule has 3 rings (SSSR count). The van der Waals surface area contributed by atoms with Gasteiger partial charge in [0, 0.05) is 4.47 Å². The van der Waals surface area contributed by atoms with Gasteiger partial charge in [-0.25, -0.2) is 4.98 Å². The highest BCUT2D eigenvalue weighted by molar-refractivity contribution is 9.10. The number of para-hydroxylation sites is 1. The topological polar surface area (TPSA) is 67.6 Å². The van der Waals surface area contributed by atoms with E-state index in [0.717, 1.165) is 15.7 Å². The molecular weight excluding hydrogens is 340 g/mol. The van der Waals surface area contributed by atoms with Crippen LogP contribution in [0, 0.1) is 11.3 Å². The van der Waals surface area contributed by atoms with Gasteiger partial charge in [0.05, 0.1) is 21.8 Å². The fraction of sp³-hybridized carbons (Fsp3) is 0. The van der Waals surface area contributed by atoms with Crippen molar-refractivity contribution in [2.75, 3.05) is 5.73 Å². The molecule has 0 unspecified atom stereocenters. The summed E-state index contributed by atoms with van der Waals surface area (Å²) < 4.78 is 2.58. The smallest absolute Gasteiger partial charge is 0.205 e. The molecule has 0 saturated carbocycles. The standard InChI is InChI=1S/C14H8BrClN4/c15-10-5-4-9(6-11(10)16)20-12-3-1-2-8(7-17)13(12)19-14(20)18/h1-6H,(H2,18,19). The molecule has 0 aliphatic carbocycles. The Morgan fingerprint density at radius 3 is 2.80 bits per heavy atom. The Morgan fingerprint density at radius 1 is 1.30 bits per heavy atom. The number of hydrogen-bond donors (Lipinski definition) is 1. The second-order valence-electron chi connectivity index (χ2n) is 4.19. The maximum Gasteiger partial charge on any atom is 0.205 e. The van der Waals surface area contributed by atoms with Gasteiger partial charge in [-0.05, 0) is 46.3 Å². The molecule has 1 heterocycles. The van der Waals surface area contributed by atoms with Crippen LogP contribution in [0.5, 0.6) is 0 Å². The number of aromatic nitrogens is 2. The van der Waals surface area contributed by atoms with Crippen molar-refractivity contribution in [1.82, 2.24) is 9.55 Å². The van der Waals surface area contributed by atoms with E-state index in [-0.39, 0.29) is 0 Å². The molecule has 0 saturated heterocycles. The Morgan fingerprint density at radius 2 is 2.10 bits per heavy atom. The lowest BCUT2D eigenvalue weighted by atomic mass is 10.2. The second kappa shape index (κ2) is 4.82. The first-order chi connectivity index (χ1) is 9.61. The molecule has 3 aromatic rings. The lowest BCUT2D eigenvalue weighted by Gasteiger charge is -2.07. The Balaban J connectivity index is 2.34. The van der Waals surface area contributed by atoms with Crippen LogP contribution in [0.3, 0.4) is 0 Å². The molecule has 4 nitrogen and oxygen atoms in total. The van der Waals surface area contributed by atoms with Gasteiger partial charge in [0.2, 0.25) is 5.95 Å². The van der Waals surface area contributed by atoms with Crippen LogP contribution < -0.4 is 5.73 Å². The molecule has 0 spiro atoms. The first-order valence-electron chi connectivity index (χ1n) is 5.74. The van der Waals surface area contributed by atoms with E-state index in [4.69, 9.17) is 22.6 Å². The number of nitrogen functional groups attached to an aromatic ring is 1. The van der Waals surface area contributed by atoms with E-state index >= 15 is 0 Å². The van der Waals surface area contributed by atoms with Crippen LogP contribution in [0.1, 0.15) is 5.56 Å². The van der Waals surface area contributed by atoms with Crippen molar-refractivity contribution in [3.05, 3.63) is 51.5 Å². The number of hydrogen-bond acceptors (Lipinski definition) is 3. The summed E-state index contributed by atoms with van der Waals surface area (Å²) >= 11 is 9.47. The first kappa shape index (κ1) is 13.0. The van der Waals surface area contributed by atoms with Gasteiger partial charge >= 0.3 is 0 Å². The highest BCUT2D eigenvalue weighted by Gasteiger charge is 2.13. The summed E-state index contributed by atoms with van der Waals surface area (Å²) in [4.78, 5) is 4.28. The van der Waals surface area contributed by atoms with Crippen molar-refractivity contribution in [2.24, 2.45) is 0 Å². The Kier molecular flexibility index (Phi) is 3.13. The Hall–Kier alpha value is -2.03. The maximum atomic E-state index is 9.12. The van der Waals surface area contributed by atoms with Gasteiger partial charge in [0.1, 0.15) is 11.6 Å². The number of benzene rings is 2. The van der Waals surface area contributed by atoms with E-state index in [9.17, 15) is 0 Å². The average Bonchev–Trinajstić information content (AvgIpc) is 2.78. The lowest BCUT2D eigenvalue weighted by molar-refractivity contribution is 1.11. The monoisotopic (exact) mass is 346 g/mol. The van der Waals surface area contributed by atoms with Gasteiger partial charge in [-0.2, -0.15) is 5.26 Å². The number of fused-ring (bicyclic) bond motifs is 1. The molecule has 0 bridgehead atoms. The largest absolute Gasteiger partial charge is 0.369 e. The van der Waals surface area contributed by atoms with Gasteiger partial charge in [0.25, 0.3) is 0 Å². The minimum atomic E-state index is 0.320. The van der Waals surface area contributed by atoms with E-state index in [1.54, 1.807) is 22.8 Å². The number of nitriles is 1. The van der Waals surface area contributed by atoms with Crippen LogP contribution in [0.2, 0.25) is 5.02 Å². The first-order valence-corrected chi connectivity index (χ1v) is 6.91. The molecule has 0 amide bonds. The molecule has 20 heavy (non-hydrogen) atoms. The van der Waals surface area contributed by atoms with Crippen molar-refractivity contribution in [2.45, 2.75) is 0 Å². The van der Waals surface area contributed by atoms with E-state index in [2.05, 4.69) is 27.0 Å². The highest BCUT2D eigenvalue weighted by Crippen LogP contribution is 2.29. The van der Waals surface area contributed by atoms with Gasteiger partial charge < -0.3 is 5.73 Å². The minimum Gasteiger partial charge on any atom is -0.369 e. The zero-order valence-corrected chi connectivity index (χ0v) is 12.5. The van der Waals surface area contributed by atoms with Crippen molar-refractivity contribution < 1.29 is 0 Å². The van der Waals surface area contributed by atoms with Crippen LogP contribution in [-0.4, -0.2) is 9.55 Å². The van der Waals surface area contributed by atoms with Crippen LogP contribution in [0.15, 0.2) is 40.9 Å². The average molecular weight is 348 g/mol. The summed E-state index contributed by atoms with van der Waals surface area (Å²) in [6.45, 7) is 0. The molecule has 1 aromatic heterocycles. The van der Waals surface area contributed by atoms with Crippen molar-refractivity contribution in [3.8, 4) is 11.8 Å². The third kappa shape index (κ3) is 1.94. The molecule has 2 N–H and O–H groups in total. The molecule has 98 valence electrons. The van der Waals surface area contributed by atoms with Gasteiger partial charge in [0.15, 0.2) is 0 Å². The quantitative estimate of drug-likeness (QED) is 0.726. The number of rotatable bonds is 1. The predicted molar refractivity (Wildman–Crippen MR) is 82.9 cm³/mol. The fourth-order valence-corrected chi connectivity index (χ4v) is 2.52. The van der Waals surface area contributed by atoms with Crippen molar-refractivity contribution in [3.63, 3.8) is 0 Å². The molecule has 0 aliphatic heterocycles. The summed E-state index contributed by atoms with van der Waals surface area (Å²) in [7, 11) is 0. The van der Waals surface area contributed by atoms with Gasteiger partial charge in [-0.3, -0.25) is 4.57 Å². The Bertz CT molecular complexity index is 863. The summed E-state index contributed by atoms with van der Waals surface area (Å²) in [5, 5.41) is 9.70. The normalized spacial score (nSPS) is 10.7. The van der Waals surface area contributed by atoms with E-state index in [0.29, 0.717) is 22.1 Å². The fourth-order valence-electron chi connectivity index (χ4n) is 2.10. The molecule has 6 heteroatoms. The summed E-state index contributed by atoms with van der Waals surface area (Å²) in [6, 6.07) is 13.0. The summed E-state index contributed by atoms with van der Waals surface area (Å²) in [5.74, 6) is 0.320. The Labute approximate surface area is 128 Å². The minimum absolute atomic E-state index is 0.320. The van der Waals surface area contributed by atoms with Crippen molar-refractivity contribution in [1.29, 1.82) is 5.26 Å². The van der Waals surface area contributed by atoms with Crippen molar-refractivity contribution >= 4 is 44.5 Å². The number of anilines is 1. The van der Waals surface area contributed by atoms with Crippen LogP contribution in [0.4, 0.5) is 5.95 Å². The summed E-state index contributed by atoms with van der Waals surface area (Å²) in [5.41, 5.74) is 8.65. The molecule has 0 radical (unpaired) electrons.